The van der Waals surface area contributed by atoms with Gasteiger partial charge in [-0.2, -0.15) is 0 Å². The molecule has 0 aromatic rings. The van der Waals surface area contributed by atoms with E-state index in [0.717, 1.165) is 6.04 Å². The van der Waals surface area contributed by atoms with Crippen molar-refractivity contribution in [3.63, 3.8) is 0 Å². The summed E-state index contributed by atoms with van der Waals surface area (Å²) in [6.07, 6.45) is 7.11. The molecule has 76 valence electrons. The summed E-state index contributed by atoms with van der Waals surface area (Å²) in [7, 11) is 2.26. The Hall–Kier alpha value is -0.0800. The third-order valence-electron chi connectivity index (χ3n) is 3.58. The van der Waals surface area contributed by atoms with Gasteiger partial charge in [-0.15, -0.1) is 0 Å². The fourth-order valence-corrected chi connectivity index (χ4v) is 2.69. The van der Waals surface area contributed by atoms with Crippen LogP contribution in [0.25, 0.3) is 0 Å². The van der Waals surface area contributed by atoms with Gasteiger partial charge in [0.1, 0.15) is 0 Å². The van der Waals surface area contributed by atoms with Crippen LogP contribution in [0.5, 0.6) is 0 Å². The van der Waals surface area contributed by atoms with Gasteiger partial charge in [-0.1, -0.05) is 0 Å². The van der Waals surface area contributed by atoms with E-state index >= 15 is 0 Å². The summed E-state index contributed by atoms with van der Waals surface area (Å²) in [5.41, 5.74) is 0. The molecule has 0 aromatic heterocycles. The van der Waals surface area contributed by atoms with Crippen molar-refractivity contribution in [2.75, 3.05) is 33.2 Å². The van der Waals surface area contributed by atoms with E-state index in [-0.39, 0.29) is 0 Å². The highest BCUT2D eigenvalue weighted by molar-refractivity contribution is 4.79. The van der Waals surface area contributed by atoms with Gasteiger partial charge in [0.15, 0.2) is 0 Å². The highest BCUT2D eigenvalue weighted by atomic mass is 15.2. The SMILES string of the molecule is CN1CCCC(N2CCCC2)CC1. The second-order valence-electron chi connectivity index (χ2n) is 4.63. The fourth-order valence-electron chi connectivity index (χ4n) is 2.69. The van der Waals surface area contributed by atoms with Crippen LogP contribution in [0.4, 0.5) is 0 Å². The molecule has 2 aliphatic heterocycles. The van der Waals surface area contributed by atoms with Gasteiger partial charge >= 0.3 is 0 Å². The zero-order valence-electron chi connectivity index (χ0n) is 8.84. The van der Waals surface area contributed by atoms with Gasteiger partial charge in [0, 0.05) is 6.04 Å². The van der Waals surface area contributed by atoms with E-state index in [1.165, 1.54) is 58.3 Å². The second-order valence-corrected chi connectivity index (χ2v) is 4.63. The molecule has 0 amide bonds. The molecule has 2 heterocycles. The molecule has 0 bridgehead atoms. The van der Waals surface area contributed by atoms with Crippen molar-refractivity contribution in [1.82, 2.24) is 9.80 Å². The van der Waals surface area contributed by atoms with Crippen molar-refractivity contribution in [2.45, 2.75) is 38.1 Å². The highest BCUT2D eigenvalue weighted by Gasteiger charge is 2.23. The van der Waals surface area contributed by atoms with Gasteiger partial charge in [-0.25, -0.2) is 0 Å². The zero-order chi connectivity index (χ0) is 9.10. The van der Waals surface area contributed by atoms with Crippen LogP contribution in [0.15, 0.2) is 0 Å². The van der Waals surface area contributed by atoms with Crippen molar-refractivity contribution in [3.05, 3.63) is 0 Å². The average Bonchev–Trinajstić information content (AvgIpc) is 2.56. The van der Waals surface area contributed by atoms with Crippen LogP contribution in [0.2, 0.25) is 0 Å². The summed E-state index contributed by atoms with van der Waals surface area (Å²) in [5, 5.41) is 0. The minimum atomic E-state index is 0.910. The van der Waals surface area contributed by atoms with Gasteiger partial charge in [0.25, 0.3) is 0 Å². The Morgan fingerprint density at radius 1 is 0.846 bits per heavy atom. The Balaban J connectivity index is 1.84. The molecule has 0 N–H and O–H groups in total. The summed E-state index contributed by atoms with van der Waals surface area (Å²) in [6.45, 7) is 5.36. The molecule has 0 radical (unpaired) electrons. The Morgan fingerprint density at radius 2 is 1.62 bits per heavy atom. The molecule has 2 saturated heterocycles. The van der Waals surface area contributed by atoms with E-state index in [4.69, 9.17) is 0 Å². The number of likely N-dealkylation sites (tertiary alicyclic amines) is 2. The Morgan fingerprint density at radius 3 is 2.38 bits per heavy atom. The number of rotatable bonds is 1. The zero-order valence-corrected chi connectivity index (χ0v) is 8.84. The molecule has 13 heavy (non-hydrogen) atoms. The summed E-state index contributed by atoms with van der Waals surface area (Å²) >= 11 is 0. The lowest BCUT2D eigenvalue weighted by atomic mass is 10.1. The fraction of sp³-hybridized carbons (Fsp3) is 1.00. The van der Waals surface area contributed by atoms with Crippen LogP contribution in [-0.4, -0.2) is 49.1 Å². The third-order valence-corrected chi connectivity index (χ3v) is 3.58. The monoisotopic (exact) mass is 182 g/mol. The van der Waals surface area contributed by atoms with Crippen molar-refractivity contribution in [1.29, 1.82) is 0 Å². The van der Waals surface area contributed by atoms with E-state index in [9.17, 15) is 0 Å². The highest BCUT2D eigenvalue weighted by Crippen LogP contribution is 2.20. The van der Waals surface area contributed by atoms with Crippen LogP contribution in [0.3, 0.4) is 0 Å². The van der Waals surface area contributed by atoms with Crippen molar-refractivity contribution in [2.24, 2.45) is 0 Å². The first-order valence-corrected chi connectivity index (χ1v) is 5.79. The minimum absolute atomic E-state index is 0.910. The summed E-state index contributed by atoms with van der Waals surface area (Å²) in [5.74, 6) is 0. The van der Waals surface area contributed by atoms with Crippen molar-refractivity contribution < 1.29 is 0 Å². The van der Waals surface area contributed by atoms with E-state index in [0.29, 0.717) is 0 Å². The largest absolute Gasteiger partial charge is 0.306 e. The smallest absolute Gasteiger partial charge is 0.0108 e. The average molecular weight is 182 g/mol. The Labute approximate surface area is 81.9 Å². The van der Waals surface area contributed by atoms with Crippen LogP contribution < -0.4 is 0 Å². The summed E-state index contributed by atoms with van der Waals surface area (Å²) < 4.78 is 0. The van der Waals surface area contributed by atoms with Crippen molar-refractivity contribution in [3.8, 4) is 0 Å². The predicted molar refractivity (Wildman–Crippen MR) is 55.9 cm³/mol. The van der Waals surface area contributed by atoms with Crippen LogP contribution in [0, 0.1) is 0 Å². The lowest BCUT2D eigenvalue weighted by Crippen LogP contribution is -2.33. The second kappa shape index (κ2) is 4.43. The quantitative estimate of drug-likeness (QED) is 0.607. The molecule has 2 heteroatoms. The lowest BCUT2D eigenvalue weighted by molar-refractivity contribution is 0.219. The molecule has 0 spiro atoms. The molecule has 1 atom stereocenters. The van der Waals surface area contributed by atoms with Crippen LogP contribution >= 0.6 is 0 Å². The van der Waals surface area contributed by atoms with Gasteiger partial charge in [0.2, 0.25) is 0 Å². The van der Waals surface area contributed by atoms with Crippen molar-refractivity contribution >= 4 is 0 Å². The Kier molecular flexibility index (Phi) is 3.23. The van der Waals surface area contributed by atoms with Crippen LogP contribution in [0.1, 0.15) is 32.1 Å². The maximum absolute atomic E-state index is 2.72. The first-order chi connectivity index (χ1) is 6.36. The van der Waals surface area contributed by atoms with E-state index in [2.05, 4.69) is 16.8 Å². The lowest BCUT2D eigenvalue weighted by Gasteiger charge is -2.26. The summed E-state index contributed by atoms with van der Waals surface area (Å²) in [4.78, 5) is 5.20. The number of hydrogen-bond donors (Lipinski definition) is 0. The molecule has 0 aliphatic carbocycles. The van der Waals surface area contributed by atoms with Crippen LogP contribution in [-0.2, 0) is 0 Å². The predicted octanol–water partition coefficient (Wildman–Crippen LogP) is 1.57. The van der Waals surface area contributed by atoms with Gasteiger partial charge in [0.05, 0.1) is 0 Å². The maximum atomic E-state index is 2.72. The third kappa shape index (κ3) is 2.44. The van der Waals surface area contributed by atoms with Gasteiger partial charge in [-0.05, 0) is 65.3 Å². The van der Waals surface area contributed by atoms with E-state index < -0.39 is 0 Å². The number of nitrogens with zero attached hydrogens (tertiary/aromatic N) is 2. The molecule has 0 saturated carbocycles. The molecular weight excluding hydrogens is 160 g/mol. The van der Waals surface area contributed by atoms with E-state index in [1.807, 2.05) is 0 Å². The van der Waals surface area contributed by atoms with Gasteiger partial charge < -0.3 is 9.80 Å². The first kappa shape index (κ1) is 9.47. The molecule has 1 unspecified atom stereocenters. The molecule has 2 aliphatic rings. The van der Waals surface area contributed by atoms with E-state index in [1.54, 1.807) is 0 Å². The first-order valence-electron chi connectivity index (χ1n) is 5.79. The van der Waals surface area contributed by atoms with Gasteiger partial charge in [-0.3, -0.25) is 0 Å². The molecule has 2 rings (SSSR count). The topological polar surface area (TPSA) is 6.48 Å². The summed E-state index contributed by atoms with van der Waals surface area (Å²) in [6, 6.07) is 0.910. The number of hydrogen-bond acceptors (Lipinski definition) is 2. The standard InChI is InChI=1S/C11H22N2/c1-12-7-4-5-11(6-10-12)13-8-2-3-9-13/h11H,2-10H2,1H3. The molecular formula is C11H22N2. The molecule has 0 aromatic carbocycles. The normalized spacial score (nSPS) is 33.5. The molecule has 2 nitrogen and oxygen atoms in total. The Bertz CT molecular complexity index is 152. The molecule has 2 fully saturated rings. The maximum Gasteiger partial charge on any atom is 0.0108 e. The minimum Gasteiger partial charge on any atom is -0.306 e.